The van der Waals surface area contributed by atoms with Gasteiger partial charge in [0.1, 0.15) is 10.7 Å². The predicted octanol–water partition coefficient (Wildman–Crippen LogP) is 2.79. The Labute approximate surface area is 149 Å². The van der Waals surface area contributed by atoms with Crippen molar-refractivity contribution in [3.8, 4) is 11.5 Å². The molecule has 5 rings (SSSR count). The van der Waals surface area contributed by atoms with E-state index in [9.17, 15) is 0 Å². The maximum Gasteiger partial charge on any atom is 0.208 e. The van der Waals surface area contributed by atoms with Gasteiger partial charge < -0.3 is 14.2 Å². The smallest absolute Gasteiger partial charge is 0.208 e. The van der Waals surface area contributed by atoms with Crippen LogP contribution < -0.4 is 9.80 Å². The van der Waals surface area contributed by atoms with Gasteiger partial charge in [-0.2, -0.15) is 0 Å². The topological polar surface area (TPSA) is 71.2 Å². The van der Waals surface area contributed by atoms with Crippen LogP contribution in [0.3, 0.4) is 0 Å². The summed E-state index contributed by atoms with van der Waals surface area (Å²) in [6, 6.07) is 7.71. The maximum absolute atomic E-state index is 5.36. The van der Waals surface area contributed by atoms with E-state index in [0.29, 0.717) is 5.92 Å². The second-order valence-electron chi connectivity index (χ2n) is 6.43. The standard InChI is InChI=1S/C17H18N6OS/c1-2-14(24-11-1)13-5-6-15(19-18-13)22-7-9-23(10-8-22)17-21-20-16(25-17)12-3-4-12/h1-2,5-6,11-12H,3-4,7-10H2. The molecule has 8 heteroatoms. The third-order valence-corrected chi connectivity index (χ3v) is 5.80. The van der Waals surface area contributed by atoms with E-state index in [1.807, 2.05) is 24.3 Å². The zero-order valence-corrected chi connectivity index (χ0v) is 14.5. The van der Waals surface area contributed by atoms with E-state index in [1.54, 1.807) is 17.6 Å². The first kappa shape index (κ1) is 14.8. The maximum atomic E-state index is 5.36. The van der Waals surface area contributed by atoms with E-state index in [2.05, 4.69) is 30.2 Å². The van der Waals surface area contributed by atoms with E-state index in [0.717, 1.165) is 48.6 Å². The molecule has 1 saturated heterocycles. The quantitative estimate of drug-likeness (QED) is 0.713. The third-order valence-electron chi connectivity index (χ3n) is 4.65. The van der Waals surface area contributed by atoms with Crippen LogP contribution in [0.5, 0.6) is 0 Å². The molecule has 128 valence electrons. The van der Waals surface area contributed by atoms with Crippen molar-refractivity contribution in [1.82, 2.24) is 20.4 Å². The fourth-order valence-corrected chi connectivity index (χ4v) is 4.09. The van der Waals surface area contributed by atoms with Gasteiger partial charge in [-0.05, 0) is 37.1 Å². The van der Waals surface area contributed by atoms with Gasteiger partial charge in [-0.25, -0.2) is 0 Å². The average molecular weight is 354 g/mol. The Morgan fingerprint density at radius 2 is 1.76 bits per heavy atom. The summed E-state index contributed by atoms with van der Waals surface area (Å²) in [5, 5.41) is 19.6. The summed E-state index contributed by atoms with van der Waals surface area (Å²) in [5.41, 5.74) is 0.758. The molecule has 0 spiro atoms. The Hall–Kier alpha value is -2.48. The molecule has 0 unspecified atom stereocenters. The molecule has 1 aliphatic heterocycles. The van der Waals surface area contributed by atoms with Crippen molar-refractivity contribution in [3.63, 3.8) is 0 Å². The van der Waals surface area contributed by atoms with Crippen molar-refractivity contribution in [2.75, 3.05) is 36.0 Å². The average Bonchev–Trinajstić information content (AvgIpc) is 3.17. The van der Waals surface area contributed by atoms with Crippen LogP contribution in [0.15, 0.2) is 34.9 Å². The first-order chi connectivity index (χ1) is 12.4. The molecule has 2 fully saturated rings. The van der Waals surface area contributed by atoms with E-state index >= 15 is 0 Å². The summed E-state index contributed by atoms with van der Waals surface area (Å²) in [6.07, 6.45) is 4.19. The molecule has 1 saturated carbocycles. The van der Waals surface area contributed by atoms with Crippen LogP contribution in [0, 0.1) is 0 Å². The number of hydrogen-bond donors (Lipinski definition) is 0. The zero-order valence-electron chi connectivity index (χ0n) is 13.7. The monoisotopic (exact) mass is 354 g/mol. The minimum absolute atomic E-state index is 0.676. The van der Waals surface area contributed by atoms with Gasteiger partial charge in [0.25, 0.3) is 0 Å². The first-order valence-electron chi connectivity index (χ1n) is 8.58. The zero-order chi connectivity index (χ0) is 16.6. The van der Waals surface area contributed by atoms with Crippen LogP contribution in [-0.2, 0) is 0 Å². The molecule has 3 aromatic heterocycles. The number of hydrogen-bond acceptors (Lipinski definition) is 8. The molecule has 4 heterocycles. The summed E-state index contributed by atoms with van der Waals surface area (Å²) in [7, 11) is 0. The highest BCUT2D eigenvalue weighted by molar-refractivity contribution is 7.15. The van der Waals surface area contributed by atoms with Gasteiger partial charge in [-0.15, -0.1) is 20.4 Å². The molecule has 1 aliphatic carbocycles. The van der Waals surface area contributed by atoms with Crippen molar-refractivity contribution in [2.24, 2.45) is 0 Å². The van der Waals surface area contributed by atoms with Crippen molar-refractivity contribution >= 4 is 22.3 Å². The molecule has 7 nitrogen and oxygen atoms in total. The van der Waals surface area contributed by atoms with Crippen LogP contribution in [0.1, 0.15) is 23.8 Å². The molecule has 0 radical (unpaired) electrons. The molecular formula is C17H18N6OS. The predicted molar refractivity (Wildman–Crippen MR) is 96.0 cm³/mol. The molecule has 0 N–H and O–H groups in total. The number of anilines is 2. The Kier molecular flexibility index (Phi) is 3.62. The summed E-state index contributed by atoms with van der Waals surface area (Å²) < 4.78 is 5.36. The van der Waals surface area contributed by atoms with Crippen molar-refractivity contribution in [3.05, 3.63) is 35.5 Å². The van der Waals surface area contributed by atoms with Crippen LogP contribution in [0.25, 0.3) is 11.5 Å². The van der Waals surface area contributed by atoms with Gasteiger partial charge in [-0.3, -0.25) is 0 Å². The highest BCUT2D eigenvalue weighted by Crippen LogP contribution is 2.42. The fraction of sp³-hybridized carbons (Fsp3) is 0.412. The van der Waals surface area contributed by atoms with Crippen molar-refractivity contribution < 1.29 is 4.42 Å². The van der Waals surface area contributed by atoms with Gasteiger partial charge in [0.15, 0.2) is 11.6 Å². The highest BCUT2D eigenvalue weighted by Gasteiger charge is 2.29. The van der Waals surface area contributed by atoms with E-state index < -0.39 is 0 Å². The normalized spacial score (nSPS) is 17.9. The minimum Gasteiger partial charge on any atom is -0.463 e. The molecule has 2 aliphatic rings. The minimum atomic E-state index is 0.676. The van der Waals surface area contributed by atoms with Crippen molar-refractivity contribution in [2.45, 2.75) is 18.8 Å². The Morgan fingerprint density at radius 1 is 0.920 bits per heavy atom. The Balaban J connectivity index is 1.23. The van der Waals surface area contributed by atoms with E-state index in [1.165, 1.54) is 17.8 Å². The third kappa shape index (κ3) is 2.97. The Morgan fingerprint density at radius 3 is 2.44 bits per heavy atom. The van der Waals surface area contributed by atoms with Gasteiger partial charge >= 0.3 is 0 Å². The first-order valence-corrected chi connectivity index (χ1v) is 9.39. The molecule has 0 aromatic carbocycles. The molecule has 3 aromatic rings. The summed E-state index contributed by atoms with van der Waals surface area (Å²) >= 11 is 1.75. The molecule has 0 atom stereocenters. The number of aromatic nitrogens is 4. The van der Waals surface area contributed by atoms with Crippen LogP contribution >= 0.6 is 11.3 Å². The Bertz CT molecular complexity index is 834. The van der Waals surface area contributed by atoms with Crippen LogP contribution in [-0.4, -0.2) is 46.6 Å². The summed E-state index contributed by atoms with van der Waals surface area (Å²) in [5.74, 6) is 2.33. The lowest BCUT2D eigenvalue weighted by atomic mass is 10.3. The molecule has 25 heavy (non-hydrogen) atoms. The van der Waals surface area contributed by atoms with E-state index in [-0.39, 0.29) is 0 Å². The molecular weight excluding hydrogens is 336 g/mol. The lowest BCUT2D eigenvalue weighted by molar-refractivity contribution is 0.578. The summed E-state index contributed by atoms with van der Waals surface area (Å²) in [6.45, 7) is 3.68. The second kappa shape index (κ2) is 6.11. The number of piperazine rings is 1. The molecule has 0 amide bonds. The summed E-state index contributed by atoms with van der Waals surface area (Å²) in [4.78, 5) is 4.59. The highest BCUT2D eigenvalue weighted by atomic mass is 32.1. The lowest BCUT2D eigenvalue weighted by Gasteiger charge is -2.34. The number of furan rings is 1. The van der Waals surface area contributed by atoms with Crippen molar-refractivity contribution in [1.29, 1.82) is 0 Å². The second-order valence-corrected chi connectivity index (χ2v) is 7.41. The van der Waals surface area contributed by atoms with Crippen LogP contribution in [0.4, 0.5) is 10.9 Å². The lowest BCUT2D eigenvalue weighted by Crippen LogP contribution is -2.46. The van der Waals surface area contributed by atoms with Gasteiger partial charge in [-0.1, -0.05) is 11.3 Å². The van der Waals surface area contributed by atoms with Crippen LogP contribution in [0.2, 0.25) is 0 Å². The number of nitrogens with zero attached hydrogens (tertiary/aromatic N) is 6. The SMILES string of the molecule is c1coc(-c2ccc(N3CCN(c4nnc(C5CC5)s4)CC3)nn2)c1. The fourth-order valence-electron chi connectivity index (χ4n) is 3.03. The largest absolute Gasteiger partial charge is 0.463 e. The number of rotatable bonds is 4. The van der Waals surface area contributed by atoms with Gasteiger partial charge in [0.2, 0.25) is 5.13 Å². The van der Waals surface area contributed by atoms with Gasteiger partial charge in [0, 0.05) is 32.1 Å². The molecule has 0 bridgehead atoms. The van der Waals surface area contributed by atoms with E-state index in [4.69, 9.17) is 4.42 Å². The van der Waals surface area contributed by atoms with Gasteiger partial charge in [0.05, 0.1) is 6.26 Å².